The molecule has 1 amide bonds. The molecule has 18 heavy (non-hydrogen) atoms. The predicted molar refractivity (Wildman–Crippen MR) is 62.2 cm³/mol. The number of nitrogens with one attached hydrogen (secondary N) is 1. The molecular weight excluding hydrogens is 238 g/mol. The van der Waals surface area contributed by atoms with Crippen LogP contribution in [0.2, 0.25) is 0 Å². The molecule has 2 rings (SSSR count). The number of aromatic nitrogens is 2. The summed E-state index contributed by atoms with van der Waals surface area (Å²) in [6, 6.07) is 0. The van der Waals surface area contributed by atoms with Crippen molar-refractivity contribution in [2.75, 3.05) is 19.7 Å². The summed E-state index contributed by atoms with van der Waals surface area (Å²) in [7, 11) is 0. The van der Waals surface area contributed by atoms with E-state index in [1.165, 1.54) is 6.08 Å². The Balaban J connectivity index is 1.98. The molecule has 1 fully saturated rings. The van der Waals surface area contributed by atoms with Gasteiger partial charge in [0.05, 0.1) is 0 Å². The molecule has 0 aromatic carbocycles. The van der Waals surface area contributed by atoms with E-state index in [1.807, 2.05) is 0 Å². The van der Waals surface area contributed by atoms with Crippen LogP contribution in [0, 0.1) is 0 Å². The number of ether oxygens (including phenoxy) is 1. The molecule has 98 valence electrons. The molecule has 1 aliphatic heterocycles. The fourth-order valence-corrected chi connectivity index (χ4v) is 2.01. The van der Waals surface area contributed by atoms with Crippen molar-refractivity contribution in [2.45, 2.75) is 18.8 Å². The van der Waals surface area contributed by atoms with Crippen LogP contribution in [0.5, 0.6) is 0 Å². The number of rotatable bonds is 3. The highest BCUT2D eigenvalue weighted by Crippen LogP contribution is 2.24. The third-order valence-corrected chi connectivity index (χ3v) is 2.85. The van der Waals surface area contributed by atoms with Crippen molar-refractivity contribution in [1.29, 1.82) is 0 Å². The minimum atomic E-state index is -0.573. The Hall–Kier alpha value is -2.05. The quantitative estimate of drug-likeness (QED) is 0.807. The SMILES string of the molecule is C=CCOC(=O)N1CCCC(c2noc(=O)[nH]2)C1. The molecule has 1 N–H and O–H groups in total. The minimum Gasteiger partial charge on any atom is -0.445 e. The number of nitrogens with zero attached hydrogens (tertiary/aromatic N) is 2. The molecule has 1 atom stereocenters. The van der Waals surface area contributed by atoms with E-state index in [-0.39, 0.29) is 18.6 Å². The van der Waals surface area contributed by atoms with Gasteiger partial charge in [0, 0.05) is 19.0 Å². The number of amides is 1. The molecule has 2 heterocycles. The maximum atomic E-state index is 11.7. The molecule has 0 bridgehead atoms. The largest absolute Gasteiger partial charge is 0.445 e. The Bertz CT molecular complexity index is 479. The molecule has 1 aromatic rings. The molecule has 0 saturated carbocycles. The maximum absolute atomic E-state index is 11.7. The highest BCUT2D eigenvalue weighted by molar-refractivity contribution is 5.67. The van der Waals surface area contributed by atoms with Gasteiger partial charge < -0.3 is 9.64 Å². The summed E-state index contributed by atoms with van der Waals surface area (Å²) in [5.74, 6) is -0.0981. The smallest absolute Gasteiger partial charge is 0.438 e. The summed E-state index contributed by atoms with van der Waals surface area (Å²) < 4.78 is 9.44. The van der Waals surface area contributed by atoms with Crippen molar-refractivity contribution in [3.8, 4) is 0 Å². The Morgan fingerprint density at radius 2 is 2.56 bits per heavy atom. The maximum Gasteiger partial charge on any atom is 0.438 e. The first-order valence-electron chi connectivity index (χ1n) is 5.79. The summed E-state index contributed by atoms with van der Waals surface area (Å²) in [4.78, 5) is 26.7. The van der Waals surface area contributed by atoms with Crippen molar-refractivity contribution in [1.82, 2.24) is 15.0 Å². The lowest BCUT2D eigenvalue weighted by atomic mass is 9.98. The van der Waals surface area contributed by atoms with E-state index in [1.54, 1.807) is 4.90 Å². The Kier molecular flexibility index (Phi) is 3.81. The van der Waals surface area contributed by atoms with Gasteiger partial charge in [-0.3, -0.25) is 9.51 Å². The lowest BCUT2D eigenvalue weighted by Crippen LogP contribution is -2.39. The van der Waals surface area contributed by atoms with Gasteiger partial charge in [-0.05, 0) is 12.8 Å². The minimum absolute atomic E-state index is 0.0125. The van der Waals surface area contributed by atoms with Crippen molar-refractivity contribution >= 4 is 6.09 Å². The van der Waals surface area contributed by atoms with Crippen LogP contribution in [-0.4, -0.2) is 40.8 Å². The zero-order valence-corrected chi connectivity index (χ0v) is 9.92. The van der Waals surface area contributed by atoms with Gasteiger partial charge in [-0.2, -0.15) is 0 Å². The fraction of sp³-hybridized carbons (Fsp3) is 0.545. The van der Waals surface area contributed by atoms with Crippen molar-refractivity contribution in [3.63, 3.8) is 0 Å². The van der Waals surface area contributed by atoms with Crippen molar-refractivity contribution in [3.05, 3.63) is 29.0 Å². The number of carbonyl (C=O) groups is 1. The first-order valence-corrected chi connectivity index (χ1v) is 5.79. The first kappa shape index (κ1) is 12.4. The number of aromatic amines is 1. The van der Waals surface area contributed by atoms with Crippen molar-refractivity contribution in [2.24, 2.45) is 0 Å². The number of hydrogen-bond acceptors (Lipinski definition) is 5. The van der Waals surface area contributed by atoms with E-state index >= 15 is 0 Å². The highest BCUT2D eigenvalue weighted by Gasteiger charge is 2.27. The van der Waals surface area contributed by atoms with Crippen LogP contribution in [0.15, 0.2) is 22.0 Å². The summed E-state index contributed by atoms with van der Waals surface area (Å²) in [5, 5.41) is 3.66. The molecule has 1 unspecified atom stereocenters. The fourth-order valence-electron chi connectivity index (χ4n) is 2.01. The van der Waals surface area contributed by atoms with Gasteiger partial charge in [0.1, 0.15) is 6.61 Å². The summed E-state index contributed by atoms with van der Waals surface area (Å²) in [5.41, 5.74) is 0. The third kappa shape index (κ3) is 2.79. The molecule has 7 heteroatoms. The summed E-state index contributed by atoms with van der Waals surface area (Å²) >= 11 is 0. The zero-order valence-electron chi connectivity index (χ0n) is 9.92. The van der Waals surface area contributed by atoms with Gasteiger partial charge in [0.15, 0.2) is 5.82 Å². The van der Waals surface area contributed by atoms with E-state index in [0.29, 0.717) is 18.9 Å². The van der Waals surface area contributed by atoms with Gasteiger partial charge in [-0.1, -0.05) is 17.8 Å². The van der Waals surface area contributed by atoms with Gasteiger partial charge >= 0.3 is 11.8 Å². The third-order valence-electron chi connectivity index (χ3n) is 2.85. The lowest BCUT2D eigenvalue weighted by molar-refractivity contribution is 0.0996. The van der Waals surface area contributed by atoms with E-state index in [2.05, 4.69) is 21.2 Å². The number of likely N-dealkylation sites (tertiary alicyclic amines) is 1. The molecule has 1 aromatic heterocycles. The molecule has 1 saturated heterocycles. The molecular formula is C11H15N3O4. The van der Waals surface area contributed by atoms with E-state index in [9.17, 15) is 9.59 Å². The molecule has 1 aliphatic rings. The second-order valence-electron chi connectivity index (χ2n) is 4.13. The normalized spacial score (nSPS) is 19.6. The van der Waals surface area contributed by atoms with Crippen LogP contribution in [0.4, 0.5) is 4.79 Å². The van der Waals surface area contributed by atoms with Crippen LogP contribution in [0.25, 0.3) is 0 Å². The van der Waals surface area contributed by atoms with Crippen LogP contribution < -0.4 is 5.76 Å². The Morgan fingerprint density at radius 3 is 3.22 bits per heavy atom. The number of hydrogen-bond donors (Lipinski definition) is 1. The zero-order chi connectivity index (χ0) is 13.0. The lowest BCUT2D eigenvalue weighted by Gasteiger charge is -2.30. The molecule has 0 spiro atoms. The number of piperidine rings is 1. The van der Waals surface area contributed by atoms with Crippen LogP contribution in [0.3, 0.4) is 0 Å². The van der Waals surface area contributed by atoms with E-state index in [4.69, 9.17) is 4.74 Å². The summed E-state index contributed by atoms with van der Waals surface area (Å²) in [6.07, 6.45) is 2.84. The average Bonchev–Trinajstić information content (AvgIpc) is 2.83. The Morgan fingerprint density at radius 1 is 1.72 bits per heavy atom. The second-order valence-corrected chi connectivity index (χ2v) is 4.13. The standard InChI is InChI=1S/C11H15N3O4/c1-2-6-17-11(16)14-5-3-4-8(7-14)9-12-10(15)18-13-9/h2,8H,1,3-7H2,(H,12,13,15). The van der Waals surface area contributed by atoms with Gasteiger partial charge in [0.2, 0.25) is 0 Å². The number of H-pyrrole nitrogens is 1. The van der Waals surface area contributed by atoms with Gasteiger partial charge in [0.25, 0.3) is 0 Å². The summed E-state index contributed by atoms with van der Waals surface area (Å²) in [6.45, 7) is 4.80. The van der Waals surface area contributed by atoms with Crippen LogP contribution in [-0.2, 0) is 4.74 Å². The van der Waals surface area contributed by atoms with E-state index < -0.39 is 5.76 Å². The first-order chi connectivity index (χ1) is 8.70. The Labute approximate surface area is 103 Å². The average molecular weight is 253 g/mol. The topological polar surface area (TPSA) is 88.4 Å². The van der Waals surface area contributed by atoms with E-state index in [0.717, 1.165) is 12.8 Å². The number of carbonyl (C=O) groups excluding carboxylic acids is 1. The van der Waals surface area contributed by atoms with Gasteiger partial charge in [-0.25, -0.2) is 9.59 Å². The van der Waals surface area contributed by atoms with Crippen molar-refractivity contribution < 1.29 is 14.1 Å². The molecule has 0 radical (unpaired) electrons. The second kappa shape index (κ2) is 5.52. The molecule has 7 nitrogen and oxygen atoms in total. The van der Waals surface area contributed by atoms with Gasteiger partial charge in [-0.15, -0.1) is 0 Å². The predicted octanol–water partition coefficient (Wildman–Crippen LogP) is 0.865. The highest BCUT2D eigenvalue weighted by atomic mass is 16.6. The van der Waals surface area contributed by atoms with Crippen LogP contribution >= 0.6 is 0 Å². The molecule has 0 aliphatic carbocycles. The van der Waals surface area contributed by atoms with Crippen LogP contribution in [0.1, 0.15) is 24.6 Å². The monoisotopic (exact) mass is 253 g/mol.